The van der Waals surface area contributed by atoms with Gasteiger partial charge in [-0.1, -0.05) is 12.1 Å². The lowest BCUT2D eigenvalue weighted by Crippen LogP contribution is -2.29. The number of methoxy groups -OCH3 is 1. The van der Waals surface area contributed by atoms with Crippen molar-refractivity contribution >= 4 is 5.91 Å². The Morgan fingerprint density at radius 1 is 1.13 bits per heavy atom. The number of ether oxygens (including phenoxy) is 1. The van der Waals surface area contributed by atoms with Crippen LogP contribution in [0.2, 0.25) is 0 Å². The van der Waals surface area contributed by atoms with Gasteiger partial charge in [-0.25, -0.2) is 4.39 Å². The molecule has 2 fully saturated rings. The highest BCUT2D eigenvalue weighted by Crippen LogP contribution is 2.36. The molecule has 160 valence electrons. The van der Waals surface area contributed by atoms with Crippen molar-refractivity contribution in [2.45, 2.75) is 57.0 Å². The topological polar surface area (TPSA) is 41.6 Å². The third-order valence-corrected chi connectivity index (χ3v) is 6.57. The first-order chi connectivity index (χ1) is 14.5. The summed E-state index contributed by atoms with van der Waals surface area (Å²) in [6, 6.07) is 13.5. The minimum absolute atomic E-state index is 0.0545. The summed E-state index contributed by atoms with van der Waals surface area (Å²) in [4.78, 5) is 14.5. The van der Waals surface area contributed by atoms with E-state index in [9.17, 15) is 9.18 Å². The van der Waals surface area contributed by atoms with Crippen molar-refractivity contribution in [2.75, 3.05) is 20.2 Å². The van der Waals surface area contributed by atoms with Gasteiger partial charge in [-0.2, -0.15) is 0 Å². The smallest absolute Gasteiger partial charge is 0.253 e. The second-order valence-corrected chi connectivity index (χ2v) is 8.64. The summed E-state index contributed by atoms with van der Waals surface area (Å²) in [6.07, 6.45) is 5.49. The van der Waals surface area contributed by atoms with Crippen molar-refractivity contribution in [1.82, 2.24) is 10.2 Å². The van der Waals surface area contributed by atoms with Crippen molar-refractivity contribution in [2.24, 2.45) is 0 Å². The number of carbonyl (C=O) groups is 1. The molecule has 1 aliphatic carbocycles. The zero-order valence-electron chi connectivity index (χ0n) is 17.9. The van der Waals surface area contributed by atoms with Crippen molar-refractivity contribution in [1.29, 1.82) is 0 Å². The molecule has 3 atom stereocenters. The molecule has 5 heteroatoms. The van der Waals surface area contributed by atoms with E-state index < -0.39 is 0 Å². The second kappa shape index (κ2) is 9.17. The molecule has 30 heavy (non-hydrogen) atoms. The molecular formula is C25H31FN2O2. The number of amides is 1. The normalized spacial score (nSPS) is 22.3. The highest BCUT2D eigenvalue weighted by atomic mass is 19.1. The van der Waals surface area contributed by atoms with Crippen molar-refractivity contribution in [3.8, 4) is 5.75 Å². The van der Waals surface area contributed by atoms with Crippen LogP contribution in [0.25, 0.3) is 0 Å². The molecule has 3 unspecified atom stereocenters. The predicted molar refractivity (Wildman–Crippen MR) is 116 cm³/mol. The number of rotatable bonds is 6. The molecule has 0 aromatic heterocycles. The highest BCUT2D eigenvalue weighted by Gasteiger charge is 2.27. The molecule has 1 heterocycles. The van der Waals surface area contributed by atoms with Crippen LogP contribution in [0, 0.1) is 5.82 Å². The minimum atomic E-state index is -0.272. The van der Waals surface area contributed by atoms with Crippen LogP contribution in [0.1, 0.15) is 72.5 Å². The van der Waals surface area contributed by atoms with Crippen LogP contribution in [0.5, 0.6) is 5.75 Å². The Kier molecular flexibility index (Phi) is 6.38. The number of nitrogens with one attached hydrogen (secondary N) is 1. The SMILES string of the molecule is COc1cc(F)cc(C(C)NC2CCC(c3ccc(C(=O)N4CCCC4)cc3)C2)c1. The molecule has 0 spiro atoms. The van der Waals surface area contributed by atoms with E-state index in [0.717, 1.165) is 56.3 Å². The Bertz CT molecular complexity index is 877. The van der Waals surface area contributed by atoms with Gasteiger partial charge in [0.2, 0.25) is 0 Å². The largest absolute Gasteiger partial charge is 0.497 e. The fraction of sp³-hybridized carbons (Fsp3) is 0.480. The van der Waals surface area contributed by atoms with E-state index in [1.807, 2.05) is 23.1 Å². The van der Waals surface area contributed by atoms with Crippen LogP contribution in [0.3, 0.4) is 0 Å². The Morgan fingerprint density at radius 3 is 2.57 bits per heavy atom. The van der Waals surface area contributed by atoms with Crippen LogP contribution in [0.4, 0.5) is 4.39 Å². The summed E-state index contributed by atoms with van der Waals surface area (Å²) >= 11 is 0. The fourth-order valence-corrected chi connectivity index (χ4v) is 4.84. The van der Waals surface area contributed by atoms with Crippen molar-refractivity contribution in [3.63, 3.8) is 0 Å². The molecule has 2 aromatic rings. The Morgan fingerprint density at radius 2 is 1.87 bits per heavy atom. The maximum atomic E-state index is 13.8. The van der Waals surface area contributed by atoms with Crippen LogP contribution in [0.15, 0.2) is 42.5 Å². The standard InChI is InChI=1S/C25H31FN2O2/c1-17(21-13-22(26)16-24(15-21)30-2)27-23-10-9-20(14-23)18-5-7-19(8-6-18)25(29)28-11-3-4-12-28/h5-8,13,15-17,20,23,27H,3-4,9-12,14H2,1-2H3. The number of likely N-dealkylation sites (tertiary alicyclic amines) is 1. The van der Waals surface area contributed by atoms with Crippen LogP contribution in [-0.4, -0.2) is 37.0 Å². The van der Waals surface area contributed by atoms with Gasteiger partial charge < -0.3 is 15.0 Å². The number of carbonyl (C=O) groups excluding carboxylic acids is 1. The summed E-state index contributed by atoms with van der Waals surface area (Å²) in [6.45, 7) is 3.83. The summed E-state index contributed by atoms with van der Waals surface area (Å²) in [5, 5.41) is 3.66. The zero-order valence-corrected chi connectivity index (χ0v) is 17.9. The molecule has 2 aromatic carbocycles. The number of hydrogen-bond acceptors (Lipinski definition) is 3. The molecule has 1 aliphatic heterocycles. The van der Waals surface area contributed by atoms with Crippen LogP contribution < -0.4 is 10.1 Å². The monoisotopic (exact) mass is 410 g/mol. The van der Waals surface area contributed by atoms with E-state index in [2.05, 4.69) is 24.4 Å². The predicted octanol–water partition coefficient (Wildman–Crippen LogP) is 5.06. The van der Waals surface area contributed by atoms with Gasteiger partial charge in [-0.15, -0.1) is 0 Å². The molecule has 0 bridgehead atoms. The van der Waals surface area contributed by atoms with Gasteiger partial charge in [0.25, 0.3) is 5.91 Å². The molecule has 2 aliphatic rings. The lowest BCUT2D eigenvalue weighted by molar-refractivity contribution is 0.0793. The molecule has 1 N–H and O–H groups in total. The highest BCUT2D eigenvalue weighted by molar-refractivity contribution is 5.94. The number of benzene rings is 2. The first-order valence-corrected chi connectivity index (χ1v) is 11.0. The lowest BCUT2D eigenvalue weighted by Gasteiger charge is -2.21. The van der Waals surface area contributed by atoms with Gasteiger partial charge in [0.05, 0.1) is 7.11 Å². The average molecular weight is 411 g/mol. The first kappa shape index (κ1) is 20.9. The fourth-order valence-electron chi connectivity index (χ4n) is 4.84. The Balaban J connectivity index is 1.35. The first-order valence-electron chi connectivity index (χ1n) is 11.0. The number of hydrogen-bond donors (Lipinski definition) is 1. The maximum absolute atomic E-state index is 13.8. The van der Waals surface area contributed by atoms with Gasteiger partial charge in [0.15, 0.2) is 0 Å². The molecule has 4 rings (SSSR count). The van der Waals surface area contributed by atoms with Crippen molar-refractivity contribution in [3.05, 3.63) is 65.0 Å². The molecule has 1 saturated carbocycles. The molecule has 4 nitrogen and oxygen atoms in total. The van der Waals surface area contributed by atoms with Gasteiger partial charge in [0, 0.05) is 36.8 Å². The Labute approximate surface area is 178 Å². The third-order valence-electron chi connectivity index (χ3n) is 6.57. The van der Waals surface area contributed by atoms with Gasteiger partial charge in [0.1, 0.15) is 11.6 Å². The van der Waals surface area contributed by atoms with E-state index in [1.54, 1.807) is 13.2 Å². The maximum Gasteiger partial charge on any atom is 0.253 e. The van der Waals surface area contributed by atoms with Crippen molar-refractivity contribution < 1.29 is 13.9 Å². The third kappa shape index (κ3) is 4.67. The minimum Gasteiger partial charge on any atom is -0.497 e. The molecule has 0 radical (unpaired) electrons. The van der Waals surface area contributed by atoms with Crippen LogP contribution >= 0.6 is 0 Å². The number of halogens is 1. The van der Waals surface area contributed by atoms with E-state index in [0.29, 0.717) is 17.7 Å². The van der Waals surface area contributed by atoms with E-state index in [-0.39, 0.29) is 17.8 Å². The molecule has 1 amide bonds. The summed E-state index contributed by atoms with van der Waals surface area (Å²) in [5.41, 5.74) is 3.00. The van der Waals surface area contributed by atoms with E-state index in [4.69, 9.17) is 4.74 Å². The lowest BCUT2D eigenvalue weighted by atomic mass is 9.96. The summed E-state index contributed by atoms with van der Waals surface area (Å²) < 4.78 is 19.0. The average Bonchev–Trinajstić information content (AvgIpc) is 3.45. The van der Waals surface area contributed by atoms with Gasteiger partial charge in [-0.3, -0.25) is 4.79 Å². The summed E-state index contributed by atoms with van der Waals surface area (Å²) in [7, 11) is 1.56. The quantitative estimate of drug-likeness (QED) is 0.724. The Hall–Kier alpha value is -2.40. The van der Waals surface area contributed by atoms with Crippen LogP contribution in [-0.2, 0) is 0 Å². The van der Waals surface area contributed by atoms with E-state index >= 15 is 0 Å². The van der Waals surface area contributed by atoms with Gasteiger partial charge >= 0.3 is 0 Å². The van der Waals surface area contributed by atoms with Gasteiger partial charge in [-0.05, 0) is 80.3 Å². The van der Waals surface area contributed by atoms with E-state index in [1.165, 1.54) is 11.6 Å². The zero-order chi connectivity index (χ0) is 21.1. The second-order valence-electron chi connectivity index (χ2n) is 8.64. The summed E-state index contributed by atoms with van der Waals surface area (Å²) in [5.74, 6) is 0.925. The molecular weight excluding hydrogens is 379 g/mol. The molecule has 1 saturated heterocycles. The number of nitrogens with zero attached hydrogens (tertiary/aromatic N) is 1.